The highest BCUT2D eigenvalue weighted by Crippen LogP contribution is 1.93. The summed E-state index contributed by atoms with van der Waals surface area (Å²) in [6.45, 7) is 3.74. The average molecular weight is 171 g/mol. The van der Waals surface area contributed by atoms with Crippen LogP contribution in [0.1, 0.15) is 33.1 Å². The number of carbonyl (C=O) groups is 1. The van der Waals surface area contributed by atoms with E-state index in [0.29, 0.717) is 0 Å². The highest BCUT2D eigenvalue weighted by molar-refractivity contribution is 5.72. The molecule has 0 aromatic rings. The van der Waals surface area contributed by atoms with Gasteiger partial charge in [-0.15, -0.1) is 0 Å². The Hall–Kier alpha value is -0.990. The zero-order chi connectivity index (χ0) is 9.40. The lowest BCUT2D eigenvalue weighted by atomic mass is 10.2. The molecule has 0 amide bonds. The van der Waals surface area contributed by atoms with Crippen LogP contribution in [0.2, 0.25) is 0 Å². The van der Waals surface area contributed by atoms with Gasteiger partial charge in [0.15, 0.2) is 0 Å². The van der Waals surface area contributed by atoms with Crippen LogP contribution in [0.15, 0.2) is 12.3 Å². The van der Waals surface area contributed by atoms with Gasteiger partial charge in [-0.3, -0.25) is 4.79 Å². The zero-order valence-electron chi connectivity index (χ0n) is 7.71. The Kier molecular flexibility index (Phi) is 6.15. The van der Waals surface area contributed by atoms with Crippen molar-refractivity contribution in [1.82, 2.24) is 5.32 Å². The van der Waals surface area contributed by atoms with Crippen LogP contribution in [-0.2, 0) is 4.79 Å². The second-order valence-electron chi connectivity index (χ2n) is 2.77. The van der Waals surface area contributed by atoms with Gasteiger partial charge >= 0.3 is 5.97 Å². The number of hydrogen-bond donors (Lipinski definition) is 2. The molecule has 0 saturated heterocycles. The number of allylic oxidation sites excluding steroid dienone is 1. The molecule has 0 rings (SSSR count). The number of aliphatic carboxylic acids is 1. The summed E-state index contributed by atoms with van der Waals surface area (Å²) >= 11 is 0. The zero-order valence-corrected chi connectivity index (χ0v) is 7.71. The van der Waals surface area contributed by atoms with Crippen LogP contribution in [0.3, 0.4) is 0 Å². The third-order valence-electron chi connectivity index (χ3n) is 1.56. The Bertz CT molecular complexity index is 155. The third kappa shape index (κ3) is 5.77. The fourth-order valence-corrected chi connectivity index (χ4v) is 0.689. The summed E-state index contributed by atoms with van der Waals surface area (Å²) in [5.74, 6) is -0.824. The minimum absolute atomic E-state index is 0.497. The lowest BCUT2D eigenvalue weighted by Crippen LogP contribution is -2.29. The topological polar surface area (TPSA) is 49.3 Å². The number of nitrogens with one attached hydrogen (secondary N) is 1. The molecule has 2 N–H and O–H groups in total. The monoisotopic (exact) mass is 171 g/mol. The van der Waals surface area contributed by atoms with Crippen molar-refractivity contribution in [2.75, 3.05) is 0 Å². The standard InChI is InChI=1S/C9H17NO2/c1-3-4-5-6-7-10-8(2)9(11)12/h6-8,10H,3-5H2,1-2H3,(H,11,12)/b7-6+/t8-/m1/s1. The molecule has 1 atom stereocenters. The maximum absolute atomic E-state index is 10.3. The summed E-state index contributed by atoms with van der Waals surface area (Å²) in [6.07, 6.45) is 7.01. The minimum atomic E-state index is -0.824. The van der Waals surface area contributed by atoms with Crippen LogP contribution in [0.5, 0.6) is 0 Å². The molecular formula is C9H17NO2. The van der Waals surface area contributed by atoms with E-state index in [4.69, 9.17) is 5.11 Å². The number of carboxylic acids is 1. The van der Waals surface area contributed by atoms with Gasteiger partial charge in [-0.1, -0.05) is 25.8 Å². The molecule has 0 aliphatic rings. The first-order chi connectivity index (χ1) is 5.68. The second kappa shape index (κ2) is 6.70. The van der Waals surface area contributed by atoms with Crippen molar-refractivity contribution in [3.63, 3.8) is 0 Å². The van der Waals surface area contributed by atoms with Gasteiger partial charge in [0.25, 0.3) is 0 Å². The van der Waals surface area contributed by atoms with Crippen LogP contribution < -0.4 is 5.32 Å². The average Bonchev–Trinajstić information content (AvgIpc) is 2.03. The highest BCUT2D eigenvalue weighted by Gasteiger charge is 2.05. The molecule has 0 saturated carbocycles. The van der Waals surface area contributed by atoms with Crippen LogP contribution in [0, 0.1) is 0 Å². The summed E-state index contributed by atoms with van der Waals surface area (Å²) in [5.41, 5.74) is 0. The van der Waals surface area contributed by atoms with Crippen molar-refractivity contribution in [3.8, 4) is 0 Å². The van der Waals surface area contributed by atoms with Gasteiger partial charge in [0.1, 0.15) is 6.04 Å². The van der Waals surface area contributed by atoms with Gasteiger partial charge in [0, 0.05) is 0 Å². The van der Waals surface area contributed by atoms with E-state index in [1.165, 1.54) is 6.42 Å². The SMILES string of the molecule is CCCC/C=C/N[C@H](C)C(=O)O. The smallest absolute Gasteiger partial charge is 0.325 e. The van der Waals surface area contributed by atoms with Gasteiger partial charge < -0.3 is 10.4 Å². The first-order valence-corrected chi connectivity index (χ1v) is 4.32. The Balaban J connectivity index is 3.40. The largest absolute Gasteiger partial charge is 0.480 e. The Morgan fingerprint density at radius 2 is 2.33 bits per heavy atom. The molecule has 70 valence electrons. The summed E-state index contributed by atoms with van der Waals surface area (Å²) in [4.78, 5) is 10.3. The summed E-state index contributed by atoms with van der Waals surface area (Å²) in [6, 6.07) is -0.497. The molecule has 0 unspecified atom stereocenters. The molecule has 3 nitrogen and oxygen atoms in total. The molecule has 0 heterocycles. The lowest BCUT2D eigenvalue weighted by Gasteiger charge is -2.04. The van der Waals surface area contributed by atoms with Gasteiger partial charge in [0.05, 0.1) is 0 Å². The Labute approximate surface area is 73.5 Å². The summed E-state index contributed by atoms with van der Waals surface area (Å²) < 4.78 is 0. The predicted octanol–water partition coefficient (Wildman–Crippen LogP) is 1.75. The fourth-order valence-electron chi connectivity index (χ4n) is 0.689. The van der Waals surface area contributed by atoms with Crippen LogP contribution >= 0.6 is 0 Å². The molecule has 3 heteroatoms. The Morgan fingerprint density at radius 1 is 1.67 bits per heavy atom. The highest BCUT2D eigenvalue weighted by atomic mass is 16.4. The van der Waals surface area contributed by atoms with Gasteiger partial charge in [-0.25, -0.2) is 0 Å². The molecule has 0 radical (unpaired) electrons. The van der Waals surface area contributed by atoms with E-state index in [9.17, 15) is 4.79 Å². The normalized spacial score (nSPS) is 13.2. The van der Waals surface area contributed by atoms with E-state index >= 15 is 0 Å². The fraction of sp³-hybridized carbons (Fsp3) is 0.667. The van der Waals surface area contributed by atoms with Crippen molar-refractivity contribution in [1.29, 1.82) is 0 Å². The number of rotatable bonds is 6. The minimum Gasteiger partial charge on any atom is -0.480 e. The van der Waals surface area contributed by atoms with Gasteiger partial charge in [-0.2, -0.15) is 0 Å². The van der Waals surface area contributed by atoms with Crippen molar-refractivity contribution in [3.05, 3.63) is 12.3 Å². The third-order valence-corrected chi connectivity index (χ3v) is 1.56. The molecule has 0 aliphatic heterocycles. The van der Waals surface area contributed by atoms with Crippen molar-refractivity contribution in [2.45, 2.75) is 39.2 Å². The number of carboxylic acid groups (broad SMARTS) is 1. The molecular weight excluding hydrogens is 154 g/mol. The maximum atomic E-state index is 10.3. The molecule has 0 aromatic heterocycles. The quantitative estimate of drug-likeness (QED) is 0.598. The van der Waals surface area contributed by atoms with Crippen LogP contribution in [0.25, 0.3) is 0 Å². The predicted molar refractivity (Wildman–Crippen MR) is 48.9 cm³/mol. The molecule has 0 aromatic carbocycles. The summed E-state index contributed by atoms with van der Waals surface area (Å²) in [7, 11) is 0. The van der Waals surface area contributed by atoms with E-state index in [-0.39, 0.29) is 0 Å². The van der Waals surface area contributed by atoms with Gasteiger partial charge in [0.2, 0.25) is 0 Å². The molecule has 0 fully saturated rings. The molecule has 12 heavy (non-hydrogen) atoms. The van der Waals surface area contributed by atoms with E-state index in [1.54, 1.807) is 13.1 Å². The summed E-state index contributed by atoms with van der Waals surface area (Å²) in [5, 5.41) is 11.2. The van der Waals surface area contributed by atoms with E-state index in [1.807, 2.05) is 6.08 Å². The Morgan fingerprint density at radius 3 is 2.83 bits per heavy atom. The second-order valence-corrected chi connectivity index (χ2v) is 2.77. The van der Waals surface area contributed by atoms with Crippen LogP contribution in [-0.4, -0.2) is 17.1 Å². The van der Waals surface area contributed by atoms with E-state index in [2.05, 4.69) is 12.2 Å². The van der Waals surface area contributed by atoms with Crippen molar-refractivity contribution < 1.29 is 9.90 Å². The first-order valence-electron chi connectivity index (χ1n) is 4.32. The lowest BCUT2D eigenvalue weighted by molar-refractivity contribution is -0.138. The molecule has 0 bridgehead atoms. The van der Waals surface area contributed by atoms with Crippen molar-refractivity contribution >= 4 is 5.97 Å². The number of hydrogen-bond acceptors (Lipinski definition) is 2. The number of unbranched alkanes of at least 4 members (excludes halogenated alkanes) is 2. The molecule has 0 spiro atoms. The van der Waals surface area contributed by atoms with Crippen molar-refractivity contribution in [2.24, 2.45) is 0 Å². The maximum Gasteiger partial charge on any atom is 0.325 e. The van der Waals surface area contributed by atoms with E-state index in [0.717, 1.165) is 12.8 Å². The molecule has 0 aliphatic carbocycles. The van der Waals surface area contributed by atoms with Gasteiger partial charge in [-0.05, 0) is 19.5 Å². The van der Waals surface area contributed by atoms with E-state index < -0.39 is 12.0 Å². The van der Waals surface area contributed by atoms with Crippen LogP contribution in [0.4, 0.5) is 0 Å². The first kappa shape index (κ1) is 11.0.